The number of hydrogen-bond donors (Lipinski definition) is 2. The van der Waals surface area contributed by atoms with E-state index in [1.807, 2.05) is 6.07 Å². The number of hydrogen-bond acceptors (Lipinski definition) is 5. The number of halogens is 2. The van der Waals surface area contributed by atoms with Gasteiger partial charge in [0.2, 0.25) is 0 Å². The van der Waals surface area contributed by atoms with E-state index in [1.165, 1.54) is 36.1 Å². The number of methoxy groups -OCH3 is 1. The molecule has 9 heteroatoms. The van der Waals surface area contributed by atoms with Crippen molar-refractivity contribution >= 4 is 35.3 Å². The van der Waals surface area contributed by atoms with Gasteiger partial charge >= 0.3 is 0 Å². The van der Waals surface area contributed by atoms with Gasteiger partial charge < -0.3 is 14.4 Å². The molecule has 0 saturated heterocycles. The fraction of sp³-hybridized carbons (Fsp3) is 0.0952. The van der Waals surface area contributed by atoms with Crippen LogP contribution in [0.4, 0.5) is 0 Å². The summed E-state index contributed by atoms with van der Waals surface area (Å²) in [4.78, 5) is 25.1. The molecule has 0 atom stereocenters. The average molecular weight is 446 g/mol. The number of amides is 1. The smallest absolute Gasteiger partial charge is 0.276 e. The summed E-state index contributed by atoms with van der Waals surface area (Å²) in [5.41, 5.74) is 3.11. The van der Waals surface area contributed by atoms with Crippen molar-refractivity contribution in [1.29, 1.82) is 0 Å². The highest BCUT2D eigenvalue weighted by molar-refractivity contribution is 6.32. The molecule has 2 aromatic carbocycles. The summed E-state index contributed by atoms with van der Waals surface area (Å²) < 4.78 is 6.42. The predicted octanol–water partition coefficient (Wildman–Crippen LogP) is 3.68. The minimum atomic E-state index is -0.659. The maximum Gasteiger partial charge on any atom is 0.276 e. The zero-order chi connectivity index (χ0) is 21.7. The average Bonchev–Trinajstić information content (AvgIpc) is 2.72. The van der Waals surface area contributed by atoms with Gasteiger partial charge in [0.25, 0.3) is 11.5 Å². The normalized spacial score (nSPS) is 10.9. The van der Waals surface area contributed by atoms with E-state index in [1.54, 1.807) is 30.5 Å². The Morgan fingerprint density at radius 3 is 2.77 bits per heavy atom. The van der Waals surface area contributed by atoms with Gasteiger partial charge in [0, 0.05) is 11.2 Å². The van der Waals surface area contributed by atoms with E-state index in [4.69, 9.17) is 27.9 Å². The minimum absolute atomic E-state index is 0.0574. The highest BCUT2D eigenvalue weighted by Crippen LogP contribution is 2.34. The molecule has 0 spiro atoms. The number of benzene rings is 2. The third kappa shape index (κ3) is 5.00. The monoisotopic (exact) mass is 445 g/mol. The third-order valence-electron chi connectivity index (χ3n) is 4.16. The Hall–Kier alpha value is -3.29. The van der Waals surface area contributed by atoms with Crippen LogP contribution in [0.1, 0.15) is 21.5 Å². The van der Waals surface area contributed by atoms with Crippen LogP contribution in [0.2, 0.25) is 10.0 Å². The molecule has 0 aliphatic rings. The number of carbonyl (C=O) groups excluding carboxylic acids is 1. The lowest BCUT2D eigenvalue weighted by molar-refractivity contribution is 0.0953. The molecule has 0 unspecified atom stereocenters. The first-order valence-electron chi connectivity index (χ1n) is 8.73. The Morgan fingerprint density at radius 1 is 1.23 bits per heavy atom. The largest absolute Gasteiger partial charge is 0.503 e. The molecule has 1 heterocycles. The molecule has 0 aliphatic heterocycles. The van der Waals surface area contributed by atoms with Crippen molar-refractivity contribution in [3.8, 4) is 11.5 Å². The van der Waals surface area contributed by atoms with Crippen molar-refractivity contribution in [2.24, 2.45) is 5.10 Å². The lowest BCUT2D eigenvalue weighted by atomic mass is 10.2. The Labute approximate surface area is 182 Å². The maximum atomic E-state index is 12.7. The van der Waals surface area contributed by atoms with Crippen LogP contribution in [0, 0.1) is 0 Å². The summed E-state index contributed by atoms with van der Waals surface area (Å²) in [6, 6.07) is 13.1. The van der Waals surface area contributed by atoms with Gasteiger partial charge in [-0.05, 0) is 47.5 Å². The van der Waals surface area contributed by atoms with Gasteiger partial charge in [0.1, 0.15) is 5.56 Å². The SMILES string of the molecule is COc1cc(/C=N\NC(=O)c2cccn(Cc3cccc(Cl)c3)c2=O)cc(Cl)c1O. The molecule has 1 amide bonds. The van der Waals surface area contributed by atoms with Gasteiger partial charge in [-0.2, -0.15) is 5.10 Å². The van der Waals surface area contributed by atoms with E-state index in [-0.39, 0.29) is 28.6 Å². The molecule has 0 aliphatic carbocycles. The van der Waals surface area contributed by atoms with Crippen LogP contribution in [0.3, 0.4) is 0 Å². The van der Waals surface area contributed by atoms with E-state index in [0.29, 0.717) is 10.6 Å². The number of carbonyl (C=O) groups is 1. The predicted molar refractivity (Wildman–Crippen MR) is 116 cm³/mol. The zero-order valence-electron chi connectivity index (χ0n) is 15.8. The summed E-state index contributed by atoms with van der Waals surface area (Å²) in [5.74, 6) is -0.680. The van der Waals surface area contributed by atoms with E-state index in [0.717, 1.165) is 5.56 Å². The number of nitrogens with zero attached hydrogens (tertiary/aromatic N) is 2. The molecule has 0 saturated carbocycles. The number of hydrazone groups is 1. The molecular formula is C21H17Cl2N3O4. The second-order valence-corrected chi connectivity index (χ2v) is 7.08. The number of phenols is 1. The van der Waals surface area contributed by atoms with Gasteiger partial charge in [-0.3, -0.25) is 9.59 Å². The molecule has 3 rings (SSSR count). The maximum absolute atomic E-state index is 12.7. The van der Waals surface area contributed by atoms with E-state index >= 15 is 0 Å². The standard InChI is InChI=1S/C21H17Cl2N3O4/c1-30-18-10-14(9-17(23)19(18)27)11-24-25-20(28)16-6-3-7-26(21(16)29)12-13-4-2-5-15(22)8-13/h2-11,27H,12H2,1H3,(H,25,28)/b24-11-. The number of ether oxygens (including phenoxy) is 1. The molecule has 2 N–H and O–H groups in total. The summed E-state index contributed by atoms with van der Waals surface area (Å²) in [5, 5.41) is 14.2. The Bertz CT molecular complexity index is 1180. The van der Waals surface area contributed by atoms with Crippen LogP contribution in [0.25, 0.3) is 0 Å². The summed E-state index contributed by atoms with van der Waals surface area (Å²) in [7, 11) is 1.39. The number of pyridine rings is 1. The molecular weight excluding hydrogens is 429 g/mol. The molecule has 0 fully saturated rings. The fourth-order valence-corrected chi connectivity index (χ4v) is 3.15. The number of nitrogens with one attached hydrogen (secondary N) is 1. The number of phenolic OH excluding ortho intramolecular Hbond substituents is 1. The minimum Gasteiger partial charge on any atom is -0.503 e. The zero-order valence-corrected chi connectivity index (χ0v) is 17.3. The topological polar surface area (TPSA) is 92.9 Å². The van der Waals surface area contributed by atoms with E-state index in [2.05, 4.69) is 10.5 Å². The van der Waals surface area contributed by atoms with Crippen LogP contribution in [-0.4, -0.2) is 28.9 Å². The van der Waals surface area contributed by atoms with Crippen LogP contribution in [-0.2, 0) is 6.54 Å². The quantitative estimate of drug-likeness (QED) is 0.446. The molecule has 0 radical (unpaired) electrons. The van der Waals surface area contributed by atoms with Crippen LogP contribution >= 0.6 is 23.2 Å². The number of rotatable bonds is 6. The lowest BCUT2D eigenvalue weighted by Crippen LogP contribution is -2.30. The molecule has 3 aromatic rings. The van der Waals surface area contributed by atoms with Gasteiger partial charge in [0.15, 0.2) is 11.5 Å². The van der Waals surface area contributed by atoms with E-state index in [9.17, 15) is 14.7 Å². The summed E-state index contributed by atoms with van der Waals surface area (Å²) >= 11 is 11.9. The molecule has 0 bridgehead atoms. The van der Waals surface area contributed by atoms with E-state index < -0.39 is 11.5 Å². The van der Waals surface area contributed by atoms with Gasteiger partial charge in [-0.25, -0.2) is 5.43 Å². The van der Waals surface area contributed by atoms with Crippen LogP contribution in [0.15, 0.2) is 64.6 Å². The first-order valence-corrected chi connectivity index (χ1v) is 9.48. The Balaban J connectivity index is 1.75. The van der Waals surface area contributed by atoms with Crippen LogP contribution < -0.4 is 15.7 Å². The highest BCUT2D eigenvalue weighted by atomic mass is 35.5. The van der Waals surface area contributed by atoms with Gasteiger partial charge in [-0.15, -0.1) is 0 Å². The van der Waals surface area contributed by atoms with Gasteiger partial charge in [-0.1, -0.05) is 35.3 Å². The van der Waals surface area contributed by atoms with Crippen molar-refractivity contribution in [3.05, 3.63) is 91.8 Å². The number of aromatic nitrogens is 1. The van der Waals surface area contributed by atoms with Crippen molar-refractivity contribution < 1.29 is 14.6 Å². The molecule has 30 heavy (non-hydrogen) atoms. The molecule has 7 nitrogen and oxygen atoms in total. The van der Waals surface area contributed by atoms with Crippen molar-refractivity contribution in [2.75, 3.05) is 7.11 Å². The molecule has 154 valence electrons. The highest BCUT2D eigenvalue weighted by Gasteiger charge is 2.12. The second-order valence-electron chi connectivity index (χ2n) is 6.24. The number of aromatic hydroxyl groups is 1. The fourth-order valence-electron chi connectivity index (χ4n) is 2.72. The first-order chi connectivity index (χ1) is 14.4. The third-order valence-corrected chi connectivity index (χ3v) is 4.68. The Morgan fingerprint density at radius 2 is 2.03 bits per heavy atom. The van der Waals surface area contributed by atoms with Gasteiger partial charge in [0.05, 0.1) is 24.9 Å². The van der Waals surface area contributed by atoms with Crippen LogP contribution in [0.5, 0.6) is 11.5 Å². The van der Waals surface area contributed by atoms with Crippen molar-refractivity contribution in [2.45, 2.75) is 6.54 Å². The second kappa shape index (κ2) is 9.47. The summed E-state index contributed by atoms with van der Waals surface area (Å²) in [6.45, 7) is 0.273. The Kier molecular flexibility index (Phi) is 6.76. The first kappa shape index (κ1) is 21.4. The summed E-state index contributed by atoms with van der Waals surface area (Å²) in [6.07, 6.45) is 2.91. The lowest BCUT2D eigenvalue weighted by Gasteiger charge is -2.08. The van der Waals surface area contributed by atoms with Crippen molar-refractivity contribution in [3.63, 3.8) is 0 Å². The van der Waals surface area contributed by atoms with Crippen molar-refractivity contribution in [1.82, 2.24) is 9.99 Å². The molecule has 1 aromatic heterocycles.